The molecule has 1 rings (SSSR count). The highest BCUT2D eigenvalue weighted by atomic mass is 16.6. The highest BCUT2D eigenvalue weighted by Gasteiger charge is 2.13. The van der Waals surface area contributed by atoms with E-state index in [9.17, 15) is 10.2 Å². The van der Waals surface area contributed by atoms with Crippen LogP contribution in [-0.4, -0.2) is 33.1 Å². The van der Waals surface area contributed by atoms with E-state index >= 15 is 0 Å². The van der Waals surface area contributed by atoms with Crippen LogP contribution in [0.15, 0.2) is 6.33 Å². The van der Waals surface area contributed by atoms with Gasteiger partial charge < -0.3 is 20.7 Å². The molecule has 1 heterocycles. The quantitative estimate of drug-likeness (QED) is 0.573. The van der Waals surface area contributed by atoms with Gasteiger partial charge in [0.1, 0.15) is 12.1 Å². The van der Waals surface area contributed by atoms with Crippen LogP contribution in [0.1, 0.15) is 12.5 Å². The largest absolute Gasteiger partial charge is 0.493 e. The van der Waals surface area contributed by atoms with Gasteiger partial charge in [-0.1, -0.05) is 0 Å². The lowest BCUT2D eigenvalue weighted by Crippen LogP contribution is -2.16. The molecule has 1 atom stereocenters. The van der Waals surface area contributed by atoms with Crippen molar-refractivity contribution in [3.8, 4) is 5.88 Å². The maximum atomic E-state index is 9.31. The van der Waals surface area contributed by atoms with Crippen LogP contribution in [0, 0.1) is 0 Å². The zero-order valence-electron chi connectivity index (χ0n) is 7.84. The first-order valence-corrected chi connectivity index (χ1v) is 4.23. The molecule has 14 heavy (non-hydrogen) atoms. The average molecular weight is 199 g/mol. The van der Waals surface area contributed by atoms with E-state index in [0.717, 1.165) is 6.33 Å². The Morgan fingerprint density at radius 2 is 2.29 bits per heavy atom. The lowest BCUT2D eigenvalue weighted by molar-refractivity contribution is -0.0930. The minimum atomic E-state index is -1.00. The van der Waals surface area contributed by atoms with E-state index in [0.29, 0.717) is 12.2 Å². The van der Waals surface area contributed by atoms with E-state index in [2.05, 4.69) is 9.97 Å². The van der Waals surface area contributed by atoms with E-state index in [-0.39, 0.29) is 18.1 Å². The van der Waals surface area contributed by atoms with Gasteiger partial charge in [-0.05, 0) is 6.92 Å². The first-order chi connectivity index (χ1) is 6.65. The van der Waals surface area contributed by atoms with Crippen molar-refractivity contribution in [2.75, 3.05) is 12.3 Å². The molecule has 1 unspecified atom stereocenters. The van der Waals surface area contributed by atoms with Crippen LogP contribution < -0.4 is 5.73 Å². The Hall–Kier alpha value is -1.40. The molecule has 1 aromatic heterocycles. The van der Waals surface area contributed by atoms with Crippen LogP contribution in [0.3, 0.4) is 0 Å². The molecule has 0 aromatic carbocycles. The number of anilines is 1. The number of nitrogen functional groups attached to an aromatic ring is 1. The van der Waals surface area contributed by atoms with Crippen molar-refractivity contribution >= 4 is 5.82 Å². The van der Waals surface area contributed by atoms with E-state index in [4.69, 9.17) is 10.5 Å². The normalized spacial score (nSPS) is 12.7. The van der Waals surface area contributed by atoms with Gasteiger partial charge in [-0.25, -0.2) is 9.97 Å². The van der Waals surface area contributed by atoms with Gasteiger partial charge in [0.15, 0.2) is 6.29 Å². The fourth-order valence-electron chi connectivity index (χ4n) is 1.04. The van der Waals surface area contributed by atoms with E-state index in [1.165, 1.54) is 0 Å². The Morgan fingerprint density at radius 1 is 1.57 bits per heavy atom. The molecule has 0 spiro atoms. The third kappa shape index (κ3) is 2.54. The number of rotatable bonds is 4. The van der Waals surface area contributed by atoms with Gasteiger partial charge in [0, 0.05) is 13.0 Å². The molecule has 0 aliphatic heterocycles. The van der Waals surface area contributed by atoms with Crippen molar-refractivity contribution in [3.63, 3.8) is 0 Å². The number of aromatic hydroxyl groups is 1. The molecule has 0 amide bonds. The Morgan fingerprint density at radius 3 is 2.86 bits per heavy atom. The lowest BCUT2D eigenvalue weighted by atomic mass is 10.2. The predicted octanol–water partition coefficient (Wildman–Crippen LogP) is -0.338. The average Bonchev–Trinajstić information content (AvgIpc) is 2.12. The zero-order chi connectivity index (χ0) is 10.6. The lowest BCUT2D eigenvalue weighted by Gasteiger charge is -2.11. The summed E-state index contributed by atoms with van der Waals surface area (Å²) in [7, 11) is 0. The number of aliphatic hydroxyl groups is 1. The summed E-state index contributed by atoms with van der Waals surface area (Å²) in [6.07, 6.45) is 0.229. The summed E-state index contributed by atoms with van der Waals surface area (Å²) in [5, 5.41) is 18.6. The van der Waals surface area contributed by atoms with Crippen LogP contribution in [0.5, 0.6) is 5.88 Å². The Kier molecular flexibility index (Phi) is 3.61. The topological polar surface area (TPSA) is 101 Å². The molecule has 0 aliphatic carbocycles. The minimum Gasteiger partial charge on any atom is -0.493 e. The SMILES string of the molecule is CCOC(O)Cc1c(N)ncnc1O. The molecule has 1 aromatic rings. The third-order valence-corrected chi connectivity index (χ3v) is 1.69. The molecule has 6 heteroatoms. The zero-order valence-corrected chi connectivity index (χ0v) is 7.84. The summed E-state index contributed by atoms with van der Waals surface area (Å²) in [5.74, 6) is -0.0764. The summed E-state index contributed by atoms with van der Waals surface area (Å²) >= 11 is 0. The van der Waals surface area contributed by atoms with Gasteiger partial charge in [-0.3, -0.25) is 0 Å². The maximum absolute atomic E-state index is 9.31. The fraction of sp³-hybridized carbons (Fsp3) is 0.500. The van der Waals surface area contributed by atoms with Gasteiger partial charge in [0.2, 0.25) is 5.88 Å². The number of hydrogen-bond donors (Lipinski definition) is 3. The molecule has 0 fully saturated rings. The molecule has 0 saturated carbocycles. The van der Waals surface area contributed by atoms with Gasteiger partial charge in [0.25, 0.3) is 0 Å². The van der Waals surface area contributed by atoms with Crippen molar-refractivity contribution in [2.24, 2.45) is 0 Å². The Labute approximate surface area is 81.4 Å². The highest BCUT2D eigenvalue weighted by molar-refractivity contribution is 5.44. The molecule has 0 saturated heterocycles. The second-order valence-corrected chi connectivity index (χ2v) is 2.68. The van der Waals surface area contributed by atoms with Crippen LogP contribution in [-0.2, 0) is 11.2 Å². The van der Waals surface area contributed by atoms with Gasteiger partial charge in [-0.2, -0.15) is 0 Å². The molecule has 78 valence electrons. The van der Waals surface area contributed by atoms with Crippen LogP contribution in [0.4, 0.5) is 5.82 Å². The number of ether oxygens (including phenoxy) is 1. The predicted molar refractivity (Wildman–Crippen MR) is 49.4 cm³/mol. The summed E-state index contributed by atoms with van der Waals surface area (Å²) < 4.78 is 4.89. The number of nitrogens with two attached hydrogens (primary N) is 1. The fourth-order valence-corrected chi connectivity index (χ4v) is 1.04. The maximum Gasteiger partial charge on any atom is 0.219 e. The minimum absolute atomic E-state index is 0.0757. The highest BCUT2D eigenvalue weighted by Crippen LogP contribution is 2.19. The van der Waals surface area contributed by atoms with Crippen molar-refractivity contribution in [2.45, 2.75) is 19.6 Å². The molecule has 6 nitrogen and oxygen atoms in total. The first-order valence-electron chi connectivity index (χ1n) is 4.23. The van der Waals surface area contributed by atoms with E-state index < -0.39 is 6.29 Å². The standard InChI is InChI=1S/C8H13N3O3/c1-2-14-6(12)3-5-7(9)10-4-11-8(5)13/h4,6,12H,2-3H2,1H3,(H3,9,10,11,13). The van der Waals surface area contributed by atoms with Gasteiger partial charge in [0.05, 0.1) is 5.56 Å². The number of aliphatic hydroxyl groups excluding tert-OH is 1. The molecule has 0 bridgehead atoms. The van der Waals surface area contributed by atoms with Crippen molar-refractivity contribution < 1.29 is 14.9 Å². The molecular weight excluding hydrogens is 186 g/mol. The number of nitrogens with zero attached hydrogens (tertiary/aromatic N) is 2. The number of hydrogen-bond acceptors (Lipinski definition) is 6. The van der Waals surface area contributed by atoms with Gasteiger partial charge in [-0.15, -0.1) is 0 Å². The van der Waals surface area contributed by atoms with Crippen molar-refractivity contribution in [3.05, 3.63) is 11.9 Å². The number of aromatic nitrogens is 2. The van der Waals surface area contributed by atoms with Crippen LogP contribution >= 0.6 is 0 Å². The molecular formula is C8H13N3O3. The van der Waals surface area contributed by atoms with Gasteiger partial charge >= 0.3 is 0 Å². The van der Waals surface area contributed by atoms with Crippen molar-refractivity contribution in [1.29, 1.82) is 0 Å². The second-order valence-electron chi connectivity index (χ2n) is 2.68. The molecule has 0 radical (unpaired) electrons. The van der Waals surface area contributed by atoms with E-state index in [1.807, 2.05) is 0 Å². The monoisotopic (exact) mass is 199 g/mol. The molecule has 0 aliphatic rings. The van der Waals surface area contributed by atoms with E-state index in [1.54, 1.807) is 6.92 Å². The van der Waals surface area contributed by atoms with Crippen LogP contribution in [0.25, 0.3) is 0 Å². The Bertz CT molecular complexity index is 286. The Balaban J connectivity index is 2.75. The summed E-state index contributed by atoms with van der Waals surface area (Å²) in [6, 6.07) is 0. The third-order valence-electron chi connectivity index (χ3n) is 1.69. The summed E-state index contributed by atoms with van der Waals surface area (Å²) in [5.41, 5.74) is 5.79. The van der Waals surface area contributed by atoms with Crippen LogP contribution in [0.2, 0.25) is 0 Å². The summed E-state index contributed by atoms with van der Waals surface area (Å²) in [4.78, 5) is 7.24. The molecule has 4 N–H and O–H groups in total. The summed E-state index contributed by atoms with van der Waals surface area (Å²) in [6.45, 7) is 2.14. The first kappa shape index (κ1) is 10.7. The smallest absolute Gasteiger partial charge is 0.219 e. The second kappa shape index (κ2) is 4.73. The van der Waals surface area contributed by atoms with Crippen molar-refractivity contribution in [1.82, 2.24) is 9.97 Å².